The van der Waals surface area contributed by atoms with Crippen molar-refractivity contribution < 1.29 is 8.42 Å². The summed E-state index contributed by atoms with van der Waals surface area (Å²) in [5.74, 6) is 0.313. The van der Waals surface area contributed by atoms with E-state index in [1.54, 1.807) is 12.1 Å². The number of benzene rings is 1. The zero-order valence-electron chi connectivity index (χ0n) is 11.4. The molecule has 0 amide bonds. The summed E-state index contributed by atoms with van der Waals surface area (Å²) in [6, 6.07) is 3.33. The van der Waals surface area contributed by atoms with E-state index in [1.807, 2.05) is 27.7 Å². The number of nitrogen functional groups attached to an aromatic ring is 1. The summed E-state index contributed by atoms with van der Waals surface area (Å²) in [6.07, 6.45) is 0.935. The Morgan fingerprint density at radius 1 is 1.28 bits per heavy atom. The lowest BCUT2D eigenvalue weighted by molar-refractivity contribution is 0.528. The molecule has 18 heavy (non-hydrogen) atoms. The van der Waals surface area contributed by atoms with Crippen LogP contribution in [-0.2, 0) is 10.0 Å². The van der Waals surface area contributed by atoms with Crippen molar-refractivity contribution in [1.29, 1.82) is 0 Å². The second kappa shape index (κ2) is 5.71. The highest BCUT2D eigenvalue weighted by Crippen LogP contribution is 2.22. The van der Waals surface area contributed by atoms with Crippen molar-refractivity contribution in [1.82, 2.24) is 4.72 Å². The standard InChI is InChI=1S/C13H22N2O2S/c1-5-9(2)8-15-18(16,17)13-7-11(4)10(3)6-12(13)14/h6-7,9,15H,5,8,14H2,1-4H3. The lowest BCUT2D eigenvalue weighted by Gasteiger charge is -2.13. The molecule has 1 aromatic carbocycles. The summed E-state index contributed by atoms with van der Waals surface area (Å²) >= 11 is 0. The van der Waals surface area contributed by atoms with Crippen molar-refractivity contribution in [2.75, 3.05) is 12.3 Å². The zero-order chi connectivity index (χ0) is 13.9. The second-order valence-corrected chi connectivity index (χ2v) is 6.57. The molecule has 0 fully saturated rings. The first-order valence-corrected chi connectivity index (χ1v) is 7.62. The lowest BCUT2D eigenvalue weighted by atomic mass is 10.1. The first-order chi connectivity index (χ1) is 8.27. The SMILES string of the molecule is CCC(C)CNS(=O)(=O)c1cc(C)c(C)cc1N. The molecule has 0 aliphatic heterocycles. The molecule has 4 nitrogen and oxygen atoms in total. The Bertz CT molecular complexity index is 524. The minimum Gasteiger partial charge on any atom is -0.398 e. The molecule has 1 unspecified atom stereocenters. The topological polar surface area (TPSA) is 72.2 Å². The van der Waals surface area contributed by atoms with Gasteiger partial charge in [0.25, 0.3) is 0 Å². The number of nitrogens with two attached hydrogens (primary N) is 1. The minimum absolute atomic E-state index is 0.175. The Morgan fingerprint density at radius 2 is 1.83 bits per heavy atom. The molecule has 1 aromatic rings. The molecule has 1 rings (SSSR count). The van der Waals surface area contributed by atoms with Crippen LogP contribution in [0.25, 0.3) is 0 Å². The Kier molecular flexibility index (Phi) is 4.76. The summed E-state index contributed by atoms with van der Waals surface area (Å²) < 4.78 is 26.9. The predicted molar refractivity (Wildman–Crippen MR) is 75.0 cm³/mol. The maximum atomic E-state index is 12.1. The van der Waals surface area contributed by atoms with E-state index in [2.05, 4.69) is 4.72 Å². The molecular formula is C13H22N2O2S. The Morgan fingerprint density at radius 3 is 2.39 bits per heavy atom. The third kappa shape index (κ3) is 3.46. The highest BCUT2D eigenvalue weighted by atomic mass is 32.2. The van der Waals surface area contributed by atoms with Gasteiger partial charge in [-0.15, -0.1) is 0 Å². The molecule has 0 aliphatic rings. The van der Waals surface area contributed by atoms with Crippen molar-refractivity contribution in [3.8, 4) is 0 Å². The molecule has 3 N–H and O–H groups in total. The van der Waals surface area contributed by atoms with E-state index >= 15 is 0 Å². The lowest BCUT2D eigenvalue weighted by Crippen LogP contribution is -2.29. The molecule has 5 heteroatoms. The molecule has 0 aliphatic carbocycles. The Labute approximate surface area is 110 Å². The van der Waals surface area contributed by atoms with Crippen LogP contribution in [0.3, 0.4) is 0 Å². The van der Waals surface area contributed by atoms with Crippen LogP contribution in [0.1, 0.15) is 31.4 Å². The maximum Gasteiger partial charge on any atom is 0.242 e. The van der Waals surface area contributed by atoms with E-state index < -0.39 is 10.0 Å². The monoisotopic (exact) mass is 270 g/mol. The fourth-order valence-corrected chi connectivity index (χ4v) is 2.88. The normalized spacial score (nSPS) is 13.6. The summed E-state index contributed by atoms with van der Waals surface area (Å²) in [4.78, 5) is 0.175. The zero-order valence-corrected chi connectivity index (χ0v) is 12.3. The molecule has 0 bridgehead atoms. The smallest absolute Gasteiger partial charge is 0.242 e. The van der Waals surface area contributed by atoms with Gasteiger partial charge < -0.3 is 5.73 Å². The first-order valence-electron chi connectivity index (χ1n) is 6.14. The van der Waals surface area contributed by atoms with E-state index in [4.69, 9.17) is 5.73 Å². The molecule has 0 radical (unpaired) electrons. The molecule has 1 atom stereocenters. The van der Waals surface area contributed by atoms with Crippen molar-refractivity contribution >= 4 is 15.7 Å². The van der Waals surface area contributed by atoms with Crippen molar-refractivity contribution in [2.45, 2.75) is 39.0 Å². The molecule has 0 aromatic heterocycles. The van der Waals surface area contributed by atoms with Gasteiger partial charge in [-0.25, -0.2) is 13.1 Å². The summed E-state index contributed by atoms with van der Waals surface area (Å²) in [7, 11) is -3.51. The van der Waals surface area contributed by atoms with Crippen LogP contribution >= 0.6 is 0 Å². The van der Waals surface area contributed by atoms with Crippen LogP contribution in [0.2, 0.25) is 0 Å². The van der Waals surface area contributed by atoms with Crippen LogP contribution < -0.4 is 10.5 Å². The summed E-state index contributed by atoms with van der Waals surface area (Å²) in [5, 5.41) is 0. The molecule has 0 spiro atoms. The third-order valence-electron chi connectivity index (χ3n) is 3.23. The van der Waals surface area contributed by atoms with E-state index in [9.17, 15) is 8.42 Å². The number of rotatable bonds is 5. The van der Waals surface area contributed by atoms with Gasteiger partial charge in [-0.2, -0.15) is 0 Å². The van der Waals surface area contributed by atoms with Crippen LogP contribution in [-0.4, -0.2) is 15.0 Å². The number of hydrogen-bond donors (Lipinski definition) is 2. The van der Waals surface area contributed by atoms with Gasteiger partial charge in [0.15, 0.2) is 0 Å². The first kappa shape index (κ1) is 15.0. The number of sulfonamides is 1. The van der Waals surface area contributed by atoms with Gasteiger partial charge in [0, 0.05) is 6.54 Å². The average Bonchev–Trinajstić information content (AvgIpc) is 2.30. The van der Waals surface area contributed by atoms with Gasteiger partial charge in [-0.3, -0.25) is 0 Å². The largest absolute Gasteiger partial charge is 0.398 e. The third-order valence-corrected chi connectivity index (χ3v) is 4.71. The van der Waals surface area contributed by atoms with Gasteiger partial charge in [-0.1, -0.05) is 20.3 Å². The fourth-order valence-electron chi connectivity index (χ4n) is 1.52. The minimum atomic E-state index is -3.51. The molecule has 0 saturated carbocycles. The molecular weight excluding hydrogens is 248 g/mol. The number of hydrogen-bond acceptors (Lipinski definition) is 3. The van der Waals surface area contributed by atoms with Gasteiger partial charge in [0.2, 0.25) is 10.0 Å². The van der Waals surface area contributed by atoms with Crippen LogP contribution in [0.5, 0.6) is 0 Å². The Balaban J connectivity index is 3.02. The maximum absolute atomic E-state index is 12.1. The van der Waals surface area contributed by atoms with Gasteiger partial charge in [-0.05, 0) is 43.0 Å². The highest BCUT2D eigenvalue weighted by molar-refractivity contribution is 7.89. The van der Waals surface area contributed by atoms with Crippen molar-refractivity contribution in [3.05, 3.63) is 23.3 Å². The summed E-state index contributed by atoms with van der Waals surface area (Å²) in [6.45, 7) is 8.26. The number of nitrogens with one attached hydrogen (secondary N) is 1. The molecule has 0 heterocycles. The van der Waals surface area contributed by atoms with E-state index in [1.165, 1.54) is 0 Å². The second-order valence-electron chi connectivity index (χ2n) is 4.84. The van der Waals surface area contributed by atoms with Gasteiger partial charge in [0.1, 0.15) is 4.90 Å². The summed E-state index contributed by atoms with van der Waals surface area (Å²) in [5.41, 5.74) is 8.01. The van der Waals surface area contributed by atoms with E-state index in [0.717, 1.165) is 17.5 Å². The molecule has 102 valence electrons. The highest BCUT2D eigenvalue weighted by Gasteiger charge is 2.18. The number of anilines is 1. The van der Waals surface area contributed by atoms with Crippen LogP contribution in [0.15, 0.2) is 17.0 Å². The quantitative estimate of drug-likeness (QED) is 0.806. The van der Waals surface area contributed by atoms with E-state index in [-0.39, 0.29) is 4.90 Å². The van der Waals surface area contributed by atoms with Crippen LogP contribution in [0.4, 0.5) is 5.69 Å². The number of aryl methyl sites for hydroxylation is 2. The molecule has 0 saturated heterocycles. The van der Waals surface area contributed by atoms with Crippen molar-refractivity contribution in [2.24, 2.45) is 5.92 Å². The van der Waals surface area contributed by atoms with E-state index in [0.29, 0.717) is 18.2 Å². The van der Waals surface area contributed by atoms with Crippen molar-refractivity contribution in [3.63, 3.8) is 0 Å². The van der Waals surface area contributed by atoms with Gasteiger partial charge in [0.05, 0.1) is 5.69 Å². The van der Waals surface area contributed by atoms with Crippen LogP contribution in [0, 0.1) is 19.8 Å². The van der Waals surface area contributed by atoms with Gasteiger partial charge >= 0.3 is 0 Å². The fraction of sp³-hybridized carbons (Fsp3) is 0.538. The predicted octanol–water partition coefficient (Wildman–Crippen LogP) is 2.21. The Hall–Kier alpha value is -1.07. The average molecular weight is 270 g/mol.